The van der Waals surface area contributed by atoms with Gasteiger partial charge in [0.05, 0.1) is 19.0 Å². The van der Waals surface area contributed by atoms with Gasteiger partial charge in [0.1, 0.15) is 11.4 Å². The molecule has 2 aromatic rings. The molecule has 0 spiro atoms. The number of anilines is 4. The fourth-order valence-electron chi connectivity index (χ4n) is 5.59. The van der Waals surface area contributed by atoms with Crippen molar-refractivity contribution >= 4 is 35.0 Å². The Bertz CT molecular complexity index is 1160. The number of amides is 2. The number of carbonyl (C=O) groups is 2. The van der Waals surface area contributed by atoms with Gasteiger partial charge in [0, 0.05) is 44.7 Å². The summed E-state index contributed by atoms with van der Waals surface area (Å²) in [5.41, 5.74) is 1.92. The lowest BCUT2D eigenvalue weighted by atomic mass is 9.84. The number of hydrogen-bond donors (Lipinski definition) is 2. The summed E-state index contributed by atoms with van der Waals surface area (Å²) >= 11 is 0. The molecule has 10 heteroatoms. The number of ether oxygens (including phenoxy) is 1. The molecule has 0 radical (unpaired) electrons. The zero-order chi connectivity index (χ0) is 26.1. The van der Waals surface area contributed by atoms with Crippen LogP contribution in [-0.2, 0) is 4.79 Å². The Labute approximate surface area is 218 Å². The molecule has 3 saturated heterocycles. The van der Waals surface area contributed by atoms with Crippen molar-refractivity contribution < 1.29 is 14.3 Å². The van der Waals surface area contributed by atoms with E-state index in [2.05, 4.69) is 39.3 Å². The highest BCUT2D eigenvalue weighted by atomic mass is 16.5. The SMILES string of the molecule is COc1cc(C(=O)NC2CN3CCC2CC3)ccc1Nc1ncc2c(n1)N(CC(C)C)CCC(=O)N2C. The van der Waals surface area contributed by atoms with Crippen molar-refractivity contribution in [1.29, 1.82) is 0 Å². The molecule has 2 bridgehead atoms. The van der Waals surface area contributed by atoms with Gasteiger partial charge in [-0.1, -0.05) is 13.8 Å². The third-order valence-corrected chi connectivity index (χ3v) is 7.65. The van der Waals surface area contributed by atoms with Crippen molar-refractivity contribution in [2.75, 3.05) is 62.0 Å². The lowest BCUT2D eigenvalue weighted by Gasteiger charge is -2.44. The van der Waals surface area contributed by atoms with E-state index in [1.54, 1.807) is 37.4 Å². The van der Waals surface area contributed by atoms with Gasteiger partial charge in [0.15, 0.2) is 5.82 Å². The number of piperidine rings is 3. The Hall–Kier alpha value is -3.40. The fraction of sp³-hybridized carbons (Fsp3) is 0.556. The van der Waals surface area contributed by atoms with Crippen LogP contribution in [0, 0.1) is 11.8 Å². The predicted molar refractivity (Wildman–Crippen MR) is 144 cm³/mol. The number of aromatic nitrogens is 2. The standard InChI is InChI=1S/C27H37N7O3/c1-17(2)15-34-12-9-24(35)32(3)22-14-28-27(31-25(22)34)30-20-6-5-19(13-23(20)37-4)26(36)29-21-16-33-10-7-18(21)8-11-33/h5-6,13-14,17-18,21H,7-12,15-16H2,1-4H3,(H,29,36)(H,28,30,31). The molecule has 0 aliphatic carbocycles. The lowest BCUT2D eigenvalue weighted by Crippen LogP contribution is -2.57. The number of hydrogen-bond acceptors (Lipinski definition) is 8. The summed E-state index contributed by atoms with van der Waals surface area (Å²) in [4.78, 5) is 41.0. The third kappa shape index (κ3) is 5.34. The van der Waals surface area contributed by atoms with Gasteiger partial charge in [0.2, 0.25) is 11.9 Å². The van der Waals surface area contributed by atoms with Crippen LogP contribution in [0.5, 0.6) is 5.75 Å². The molecule has 0 saturated carbocycles. The van der Waals surface area contributed by atoms with E-state index in [0.29, 0.717) is 53.4 Å². The van der Waals surface area contributed by atoms with Gasteiger partial charge in [-0.15, -0.1) is 0 Å². The Morgan fingerprint density at radius 1 is 1.22 bits per heavy atom. The van der Waals surface area contributed by atoms with Crippen LogP contribution in [0.4, 0.5) is 23.1 Å². The molecule has 3 fully saturated rings. The molecule has 37 heavy (non-hydrogen) atoms. The van der Waals surface area contributed by atoms with Crippen LogP contribution in [-0.4, -0.2) is 79.6 Å². The molecule has 198 valence electrons. The van der Waals surface area contributed by atoms with Crippen LogP contribution in [0.25, 0.3) is 0 Å². The summed E-state index contributed by atoms with van der Waals surface area (Å²) in [5.74, 6) is 2.60. The quantitative estimate of drug-likeness (QED) is 0.590. The van der Waals surface area contributed by atoms with Crippen molar-refractivity contribution in [1.82, 2.24) is 20.2 Å². The first kappa shape index (κ1) is 25.3. The molecular formula is C27H37N7O3. The van der Waals surface area contributed by atoms with E-state index in [1.165, 1.54) is 0 Å². The third-order valence-electron chi connectivity index (χ3n) is 7.65. The summed E-state index contributed by atoms with van der Waals surface area (Å²) in [6, 6.07) is 5.56. The average Bonchev–Trinajstić information content (AvgIpc) is 3.01. The first-order valence-electron chi connectivity index (χ1n) is 13.2. The summed E-state index contributed by atoms with van der Waals surface area (Å²) in [6.45, 7) is 8.90. The first-order valence-corrected chi connectivity index (χ1v) is 13.2. The molecular weight excluding hydrogens is 470 g/mol. The molecule has 1 aromatic carbocycles. The lowest BCUT2D eigenvalue weighted by molar-refractivity contribution is -0.118. The Kier molecular flexibility index (Phi) is 7.19. The van der Waals surface area contributed by atoms with Crippen LogP contribution < -0.4 is 25.2 Å². The molecule has 1 unspecified atom stereocenters. The largest absolute Gasteiger partial charge is 0.495 e. The summed E-state index contributed by atoms with van der Waals surface area (Å²) in [6.07, 6.45) is 4.41. The maximum absolute atomic E-state index is 13.0. The zero-order valence-corrected chi connectivity index (χ0v) is 22.2. The van der Waals surface area contributed by atoms with Crippen LogP contribution in [0.15, 0.2) is 24.4 Å². The smallest absolute Gasteiger partial charge is 0.251 e. The number of benzene rings is 1. The monoisotopic (exact) mass is 507 g/mol. The number of methoxy groups -OCH3 is 1. The molecule has 1 atom stereocenters. The van der Waals surface area contributed by atoms with Gasteiger partial charge in [0.25, 0.3) is 5.91 Å². The number of nitrogens with zero attached hydrogens (tertiary/aromatic N) is 5. The Morgan fingerprint density at radius 3 is 2.68 bits per heavy atom. The topological polar surface area (TPSA) is 103 Å². The van der Waals surface area contributed by atoms with E-state index in [1.807, 2.05) is 6.07 Å². The summed E-state index contributed by atoms with van der Waals surface area (Å²) < 4.78 is 5.62. The second-order valence-corrected chi connectivity index (χ2v) is 10.7. The van der Waals surface area contributed by atoms with Crippen LogP contribution in [0.3, 0.4) is 0 Å². The van der Waals surface area contributed by atoms with Crippen molar-refractivity contribution in [2.24, 2.45) is 11.8 Å². The highest BCUT2D eigenvalue weighted by molar-refractivity contribution is 5.97. The van der Waals surface area contributed by atoms with Gasteiger partial charge in [-0.25, -0.2) is 4.98 Å². The van der Waals surface area contributed by atoms with Crippen molar-refractivity contribution in [3.05, 3.63) is 30.0 Å². The number of rotatable bonds is 7. The van der Waals surface area contributed by atoms with Gasteiger partial charge in [-0.2, -0.15) is 4.98 Å². The van der Waals surface area contributed by atoms with Crippen molar-refractivity contribution in [2.45, 2.75) is 39.2 Å². The normalized spacial score (nSPS) is 23.1. The van der Waals surface area contributed by atoms with E-state index >= 15 is 0 Å². The summed E-state index contributed by atoms with van der Waals surface area (Å²) in [7, 11) is 3.34. The Balaban J connectivity index is 1.35. The zero-order valence-electron chi connectivity index (χ0n) is 22.2. The maximum atomic E-state index is 13.0. The van der Waals surface area contributed by atoms with Crippen LogP contribution in [0.1, 0.15) is 43.5 Å². The van der Waals surface area contributed by atoms with Gasteiger partial charge in [-0.3, -0.25) is 9.59 Å². The van der Waals surface area contributed by atoms with E-state index in [9.17, 15) is 9.59 Å². The second kappa shape index (κ2) is 10.5. The Morgan fingerprint density at radius 2 is 2.00 bits per heavy atom. The predicted octanol–water partition coefficient (Wildman–Crippen LogP) is 2.88. The fourth-order valence-corrected chi connectivity index (χ4v) is 5.59. The van der Waals surface area contributed by atoms with Crippen LogP contribution >= 0.6 is 0 Å². The highest BCUT2D eigenvalue weighted by Gasteiger charge is 2.35. The van der Waals surface area contributed by atoms with E-state index in [-0.39, 0.29) is 17.9 Å². The molecule has 4 aliphatic heterocycles. The minimum Gasteiger partial charge on any atom is -0.495 e. The summed E-state index contributed by atoms with van der Waals surface area (Å²) in [5, 5.41) is 6.48. The minimum absolute atomic E-state index is 0.0468. The number of nitrogens with one attached hydrogen (secondary N) is 2. The molecule has 4 aliphatic rings. The molecule has 2 amide bonds. The first-order chi connectivity index (χ1) is 17.8. The minimum atomic E-state index is -0.0816. The molecule has 1 aromatic heterocycles. The van der Waals surface area contributed by atoms with E-state index < -0.39 is 0 Å². The average molecular weight is 508 g/mol. The second-order valence-electron chi connectivity index (χ2n) is 10.7. The van der Waals surface area contributed by atoms with Gasteiger partial charge < -0.3 is 30.1 Å². The van der Waals surface area contributed by atoms with E-state index in [0.717, 1.165) is 44.8 Å². The van der Waals surface area contributed by atoms with Gasteiger partial charge in [-0.05, 0) is 56.0 Å². The van der Waals surface area contributed by atoms with Crippen molar-refractivity contribution in [3.63, 3.8) is 0 Å². The van der Waals surface area contributed by atoms with Crippen LogP contribution in [0.2, 0.25) is 0 Å². The molecule has 6 rings (SSSR count). The van der Waals surface area contributed by atoms with E-state index in [4.69, 9.17) is 9.72 Å². The number of carbonyl (C=O) groups excluding carboxylic acids is 2. The maximum Gasteiger partial charge on any atom is 0.251 e. The number of fused-ring (bicyclic) bond motifs is 4. The highest BCUT2D eigenvalue weighted by Crippen LogP contribution is 2.34. The molecule has 10 nitrogen and oxygen atoms in total. The van der Waals surface area contributed by atoms with Gasteiger partial charge >= 0.3 is 0 Å². The molecule has 5 heterocycles. The van der Waals surface area contributed by atoms with Crippen molar-refractivity contribution in [3.8, 4) is 5.75 Å². The molecule has 2 N–H and O–H groups in total.